The van der Waals surface area contributed by atoms with E-state index in [1.807, 2.05) is 12.1 Å². The highest BCUT2D eigenvalue weighted by Gasteiger charge is 2.18. The van der Waals surface area contributed by atoms with Crippen LogP contribution in [0.2, 0.25) is 0 Å². The number of esters is 1. The molecular formula is C11H10N2O3. The molecule has 0 saturated heterocycles. The van der Waals surface area contributed by atoms with Gasteiger partial charge in [0.2, 0.25) is 0 Å². The fourth-order valence-corrected chi connectivity index (χ4v) is 1.89. The third kappa shape index (κ3) is 1.14. The minimum atomic E-state index is -0.371. The lowest BCUT2D eigenvalue weighted by molar-refractivity contribution is 0.0595. The highest BCUT2D eigenvalue weighted by atomic mass is 16.5. The summed E-state index contributed by atoms with van der Waals surface area (Å²) in [5.41, 5.74) is 2.25. The zero-order valence-electron chi connectivity index (χ0n) is 8.66. The Kier molecular flexibility index (Phi) is 1.80. The predicted molar refractivity (Wildman–Crippen MR) is 58.8 cm³/mol. The van der Waals surface area contributed by atoms with Crippen molar-refractivity contribution in [1.82, 2.24) is 4.98 Å². The number of fused-ring (bicyclic) bond motifs is 3. The van der Waals surface area contributed by atoms with E-state index in [0.29, 0.717) is 12.4 Å². The first-order chi connectivity index (χ1) is 7.79. The van der Waals surface area contributed by atoms with Crippen molar-refractivity contribution in [3.8, 4) is 5.75 Å². The highest BCUT2D eigenvalue weighted by Crippen LogP contribution is 2.36. The van der Waals surface area contributed by atoms with Gasteiger partial charge in [0, 0.05) is 10.9 Å². The van der Waals surface area contributed by atoms with E-state index in [-0.39, 0.29) is 5.97 Å². The average molecular weight is 218 g/mol. The van der Waals surface area contributed by atoms with Gasteiger partial charge >= 0.3 is 5.97 Å². The number of aromatic nitrogens is 1. The SMILES string of the molecule is COC(=O)c1cc2c3c(ccc2[nH]1)OCN3. The molecule has 0 aliphatic carbocycles. The summed E-state index contributed by atoms with van der Waals surface area (Å²) in [6, 6.07) is 5.52. The number of carbonyl (C=O) groups is 1. The Morgan fingerprint density at radius 3 is 3.19 bits per heavy atom. The van der Waals surface area contributed by atoms with Gasteiger partial charge in [0.25, 0.3) is 0 Å². The zero-order valence-corrected chi connectivity index (χ0v) is 8.66. The maximum atomic E-state index is 11.4. The minimum absolute atomic E-state index is 0.371. The summed E-state index contributed by atoms with van der Waals surface area (Å²) in [6.07, 6.45) is 0. The molecule has 1 aliphatic rings. The normalized spacial score (nSPS) is 13.1. The summed E-state index contributed by atoms with van der Waals surface area (Å²) in [7, 11) is 1.36. The molecule has 5 heteroatoms. The van der Waals surface area contributed by atoms with E-state index >= 15 is 0 Å². The molecule has 5 nitrogen and oxygen atoms in total. The first-order valence-electron chi connectivity index (χ1n) is 4.90. The second-order valence-electron chi connectivity index (χ2n) is 3.54. The van der Waals surface area contributed by atoms with Gasteiger partial charge in [0.05, 0.1) is 12.8 Å². The molecule has 0 amide bonds. The Hall–Kier alpha value is -2.17. The van der Waals surface area contributed by atoms with Crippen LogP contribution < -0.4 is 10.1 Å². The van der Waals surface area contributed by atoms with E-state index in [9.17, 15) is 4.79 Å². The summed E-state index contributed by atoms with van der Waals surface area (Å²) in [5.74, 6) is 0.437. The van der Waals surface area contributed by atoms with Gasteiger partial charge < -0.3 is 19.8 Å². The molecule has 0 bridgehead atoms. The molecule has 0 atom stereocenters. The molecule has 0 radical (unpaired) electrons. The van der Waals surface area contributed by atoms with Gasteiger partial charge in [0.1, 0.15) is 11.4 Å². The van der Waals surface area contributed by atoms with Crippen molar-refractivity contribution in [3.63, 3.8) is 0 Å². The van der Waals surface area contributed by atoms with Crippen LogP contribution in [0.25, 0.3) is 10.9 Å². The van der Waals surface area contributed by atoms with E-state index in [1.165, 1.54) is 7.11 Å². The van der Waals surface area contributed by atoms with Crippen molar-refractivity contribution in [2.45, 2.75) is 0 Å². The molecule has 16 heavy (non-hydrogen) atoms. The van der Waals surface area contributed by atoms with E-state index < -0.39 is 0 Å². The maximum Gasteiger partial charge on any atom is 0.354 e. The molecule has 2 N–H and O–H groups in total. The van der Waals surface area contributed by atoms with Crippen LogP contribution in [0.5, 0.6) is 5.75 Å². The molecule has 2 aromatic rings. The molecule has 0 unspecified atom stereocenters. The number of anilines is 1. The smallest absolute Gasteiger partial charge is 0.354 e. The lowest BCUT2D eigenvalue weighted by atomic mass is 10.2. The Morgan fingerprint density at radius 2 is 2.38 bits per heavy atom. The van der Waals surface area contributed by atoms with E-state index in [4.69, 9.17) is 4.74 Å². The second kappa shape index (κ2) is 3.16. The van der Waals surface area contributed by atoms with Crippen LogP contribution in [0.15, 0.2) is 18.2 Å². The number of hydrogen-bond donors (Lipinski definition) is 2. The third-order valence-corrected chi connectivity index (χ3v) is 2.65. The van der Waals surface area contributed by atoms with E-state index in [0.717, 1.165) is 22.3 Å². The fourth-order valence-electron chi connectivity index (χ4n) is 1.89. The molecule has 0 saturated carbocycles. The van der Waals surface area contributed by atoms with Gasteiger partial charge in [-0.15, -0.1) is 0 Å². The number of rotatable bonds is 1. The second-order valence-corrected chi connectivity index (χ2v) is 3.54. The summed E-state index contributed by atoms with van der Waals surface area (Å²) in [4.78, 5) is 14.4. The number of carbonyl (C=O) groups excluding carboxylic acids is 1. The molecule has 1 aliphatic heterocycles. The largest absolute Gasteiger partial charge is 0.471 e. The Bertz CT molecular complexity index is 574. The topological polar surface area (TPSA) is 63.4 Å². The van der Waals surface area contributed by atoms with Crippen LogP contribution in [0.4, 0.5) is 5.69 Å². The number of hydrogen-bond acceptors (Lipinski definition) is 4. The highest BCUT2D eigenvalue weighted by molar-refractivity contribution is 6.02. The average Bonchev–Trinajstić information content (AvgIpc) is 2.92. The molecule has 82 valence electrons. The number of aromatic amines is 1. The van der Waals surface area contributed by atoms with Crippen molar-refractivity contribution in [3.05, 3.63) is 23.9 Å². The molecule has 3 rings (SSSR count). The fraction of sp³-hybridized carbons (Fsp3) is 0.182. The predicted octanol–water partition coefficient (Wildman–Crippen LogP) is 1.72. The van der Waals surface area contributed by atoms with Crippen molar-refractivity contribution >= 4 is 22.6 Å². The summed E-state index contributed by atoms with van der Waals surface area (Å²) < 4.78 is 10.0. The number of methoxy groups -OCH3 is 1. The molecule has 0 fully saturated rings. The van der Waals surface area contributed by atoms with Crippen LogP contribution in [0, 0.1) is 0 Å². The van der Waals surface area contributed by atoms with E-state index in [1.54, 1.807) is 6.07 Å². The summed E-state index contributed by atoms with van der Waals surface area (Å²) in [6.45, 7) is 0.465. The maximum absolute atomic E-state index is 11.4. The standard InChI is InChI=1S/C11H10N2O3/c1-15-11(14)8-4-6-7(13-8)2-3-9-10(6)12-5-16-9/h2-4,12-13H,5H2,1H3. The quantitative estimate of drug-likeness (QED) is 0.715. The van der Waals surface area contributed by atoms with Crippen LogP contribution >= 0.6 is 0 Å². The lowest BCUT2D eigenvalue weighted by Gasteiger charge is -1.97. The molecule has 1 aromatic heterocycles. The zero-order chi connectivity index (χ0) is 11.1. The van der Waals surface area contributed by atoms with Crippen molar-refractivity contribution < 1.29 is 14.3 Å². The molecule has 1 aromatic carbocycles. The summed E-state index contributed by atoms with van der Waals surface area (Å²) >= 11 is 0. The van der Waals surface area contributed by atoms with Gasteiger partial charge in [-0.25, -0.2) is 4.79 Å². The summed E-state index contributed by atoms with van der Waals surface area (Å²) in [5, 5.41) is 4.06. The van der Waals surface area contributed by atoms with Crippen molar-refractivity contribution in [1.29, 1.82) is 0 Å². The first kappa shape index (κ1) is 9.08. The van der Waals surface area contributed by atoms with Gasteiger partial charge in [-0.1, -0.05) is 0 Å². The van der Waals surface area contributed by atoms with Crippen LogP contribution in [0.3, 0.4) is 0 Å². The van der Waals surface area contributed by atoms with Crippen molar-refractivity contribution in [2.75, 3.05) is 19.2 Å². The molecule has 2 heterocycles. The van der Waals surface area contributed by atoms with Gasteiger partial charge in [-0.05, 0) is 18.2 Å². The first-order valence-corrected chi connectivity index (χ1v) is 4.90. The van der Waals surface area contributed by atoms with Gasteiger partial charge in [-0.2, -0.15) is 0 Å². The number of nitrogens with one attached hydrogen (secondary N) is 2. The van der Waals surface area contributed by atoms with Crippen LogP contribution in [-0.4, -0.2) is 24.8 Å². The van der Waals surface area contributed by atoms with Crippen molar-refractivity contribution in [2.24, 2.45) is 0 Å². The number of H-pyrrole nitrogens is 1. The number of benzene rings is 1. The minimum Gasteiger partial charge on any atom is -0.471 e. The van der Waals surface area contributed by atoms with E-state index in [2.05, 4.69) is 15.0 Å². The Morgan fingerprint density at radius 1 is 1.50 bits per heavy atom. The monoisotopic (exact) mass is 218 g/mol. The van der Waals surface area contributed by atoms with Crippen LogP contribution in [0.1, 0.15) is 10.5 Å². The van der Waals surface area contributed by atoms with Crippen LogP contribution in [-0.2, 0) is 4.74 Å². The Balaban J connectivity index is 2.21. The third-order valence-electron chi connectivity index (χ3n) is 2.65. The number of ether oxygens (including phenoxy) is 2. The lowest BCUT2D eigenvalue weighted by Crippen LogP contribution is -2.00. The molecule has 0 spiro atoms. The molecular weight excluding hydrogens is 208 g/mol. The van der Waals surface area contributed by atoms with Gasteiger partial charge in [0.15, 0.2) is 6.73 Å². The Labute approximate surface area is 91.3 Å². The van der Waals surface area contributed by atoms with Gasteiger partial charge in [-0.3, -0.25) is 0 Å².